The Balaban J connectivity index is 3.13. The number of carbonyl (C=O) groups is 2. The highest BCUT2D eigenvalue weighted by atomic mass is 16.6. The predicted molar refractivity (Wildman–Crippen MR) is 43.1 cm³/mol. The lowest BCUT2D eigenvalue weighted by atomic mass is 9.79. The molecule has 1 aliphatic heterocycles. The van der Waals surface area contributed by atoms with Gasteiger partial charge in [0.25, 0.3) is 0 Å². The minimum Gasteiger partial charge on any atom is -0.392 e. The summed E-state index contributed by atoms with van der Waals surface area (Å²) in [7, 11) is 0. The van der Waals surface area contributed by atoms with E-state index in [0.717, 1.165) is 0 Å². The van der Waals surface area contributed by atoms with Gasteiger partial charge in [0.2, 0.25) is 0 Å². The van der Waals surface area contributed by atoms with E-state index in [0.29, 0.717) is 0 Å². The molecule has 3 heteroatoms. The van der Waals surface area contributed by atoms with Crippen LogP contribution in [0.3, 0.4) is 0 Å². The molecule has 64 valence electrons. The lowest BCUT2D eigenvalue weighted by molar-refractivity contribution is -0.154. The lowest BCUT2D eigenvalue weighted by Gasteiger charge is -2.16. The van der Waals surface area contributed by atoms with Crippen molar-refractivity contribution in [3.8, 4) is 0 Å². The number of carbonyl (C=O) groups excluding carboxylic acids is 2. The molecule has 0 unspecified atom stereocenters. The molecule has 1 heterocycles. The molecule has 1 fully saturated rings. The van der Waals surface area contributed by atoms with Crippen LogP contribution in [0.1, 0.15) is 6.92 Å². The molecule has 0 radical (unpaired) electrons. The SMILES string of the molecule is C=C[C@@H]1C(=O)OC(=O)[C@]1(C)C=C. The molecular weight excluding hydrogens is 156 g/mol. The predicted octanol–water partition coefficient (Wildman–Crippen LogP) is 1.06. The van der Waals surface area contributed by atoms with Gasteiger partial charge in [-0.1, -0.05) is 12.2 Å². The summed E-state index contributed by atoms with van der Waals surface area (Å²) in [5.74, 6) is -1.69. The van der Waals surface area contributed by atoms with Crippen molar-refractivity contribution in [3.63, 3.8) is 0 Å². The van der Waals surface area contributed by atoms with Gasteiger partial charge in [0.05, 0.1) is 5.92 Å². The normalized spacial score (nSPS) is 34.6. The monoisotopic (exact) mass is 166 g/mol. The standard InChI is InChI=1S/C9H10O3/c1-4-6-7(10)12-8(11)9(6,3)5-2/h4-6H,1-2H2,3H3/t6-,9-/m1/s1. The minimum absolute atomic E-state index is 0.544. The average Bonchev–Trinajstić information content (AvgIpc) is 2.24. The summed E-state index contributed by atoms with van der Waals surface area (Å²) in [6.45, 7) is 8.58. The highest BCUT2D eigenvalue weighted by molar-refractivity contribution is 6.01. The summed E-state index contributed by atoms with van der Waals surface area (Å²) >= 11 is 0. The van der Waals surface area contributed by atoms with Crippen molar-refractivity contribution in [2.75, 3.05) is 0 Å². The van der Waals surface area contributed by atoms with Crippen molar-refractivity contribution in [1.82, 2.24) is 0 Å². The Morgan fingerprint density at radius 1 is 1.50 bits per heavy atom. The van der Waals surface area contributed by atoms with E-state index in [1.165, 1.54) is 12.2 Å². The first-order valence-electron chi connectivity index (χ1n) is 3.58. The van der Waals surface area contributed by atoms with Gasteiger partial charge in [-0.25, -0.2) is 0 Å². The van der Waals surface area contributed by atoms with E-state index in [1.54, 1.807) is 6.92 Å². The first kappa shape index (κ1) is 8.71. The van der Waals surface area contributed by atoms with Crippen molar-refractivity contribution < 1.29 is 14.3 Å². The Morgan fingerprint density at radius 3 is 2.42 bits per heavy atom. The molecule has 0 aliphatic carbocycles. The summed E-state index contributed by atoms with van der Waals surface area (Å²) in [6.07, 6.45) is 2.83. The first-order chi connectivity index (χ1) is 5.56. The van der Waals surface area contributed by atoms with Crippen molar-refractivity contribution >= 4 is 11.9 Å². The Morgan fingerprint density at radius 2 is 2.08 bits per heavy atom. The third-order valence-electron chi connectivity index (χ3n) is 2.19. The van der Waals surface area contributed by atoms with E-state index in [4.69, 9.17) is 0 Å². The second-order valence-electron chi connectivity index (χ2n) is 2.91. The van der Waals surface area contributed by atoms with Crippen LogP contribution in [0, 0.1) is 11.3 Å². The molecule has 1 saturated heterocycles. The maximum atomic E-state index is 11.1. The van der Waals surface area contributed by atoms with E-state index in [-0.39, 0.29) is 0 Å². The Bertz CT molecular complexity index is 267. The zero-order valence-corrected chi connectivity index (χ0v) is 6.87. The first-order valence-corrected chi connectivity index (χ1v) is 3.58. The lowest BCUT2D eigenvalue weighted by Crippen LogP contribution is -2.26. The molecule has 2 atom stereocenters. The van der Waals surface area contributed by atoms with Crippen molar-refractivity contribution in [2.24, 2.45) is 11.3 Å². The Hall–Kier alpha value is -1.38. The van der Waals surface area contributed by atoms with Gasteiger partial charge in [-0.05, 0) is 6.92 Å². The summed E-state index contributed by atoms with van der Waals surface area (Å²) in [4.78, 5) is 22.2. The van der Waals surface area contributed by atoms with Crippen LogP contribution in [0.4, 0.5) is 0 Å². The molecule has 0 aromatic heterocycles. The number of rotatable bonds is 2. The molecular formula is C9H10O3. The summed E-state index contributed by atoms with van der Waals surface area (Å²) in [5.41, 5.74) is -0.932. The largest absolute Gasteiger partial charge is 0.392 e. The van der Waals surface area contributed by atoms with Gasteiger partial charge in [-0.3, -0.25) is 9.59 Å². The van der Waals surface area contributed by atoms with Crippen molar-refractivity contribution in [3.05, 3.63) is 25.3 Å². The third-order valence-corrected chi connectivity index (χ3v) is 2.19. The van der Waals surface area contributed by atoms with Gasteiger partial charge >= 0.3 is 11.9 Å². The third kappa shape index (κ3) is 0.897. The number of esters is 2. The second kappa shape index (κ2) is 2.59. The molecule has 1 rings (SSSR count). The van der Waals surface area contributed by atoms with Crippen LogP contribution in [-0.4, -0.2) is 11.9 Å². The zero-order valence-electron chi connectivity index (χ0n) is 6.87. The van der Waals surface area contributed by atoms with Crippen LogP contribution in [0.25, 0.3) is 0 Å². The number of ether oxygens (including phenoxy) is 1. The molecule has 0 bridgehead atoms. The zero-order chi connectivity index (χ0) is 9.35. The van der Waals surface area contributed by atoms with Crippen LogP contribution in [-0.2, 0) is 14.3 Å². The van der Waals surface area contributed by atoms with Crippen LogP contribution < -0.4 is 0 Å². The molecule has 12 heavy (non-hydrogen) atoms. The fourth-order valence-electron chi connectivity index (χ4n) is 1.19. The highest BCUT2D eigenvalue weighted by Crippen LogP contribution is 2.37. The second-order valence-corrected chi connectivity index (χ2v) is 2.91. The number of hydrogen-bond donors (Lipinski definition) is 0. The Kier molecular flexibility index (Phi) is 1.88. The molecule has 1 aliphatic rings. The molecule has 0 aromatic rings. The maximum absolute atomic E-state index is 11.1. The summed E-state index contributed by atoms with van der Waals surface area (Å²) in [5, 5.41) is 0. The van der Waals surface area contributed by atoms with Gasteiger partial charge in [-0.2, -0.15) is 0 Å². The topological polar surface area (TPSA) is 43.4 Å². The van der Waals surface area contributed by atoms with Crippen LogP contribution in [0.2, 0.25) is 0 Å². The van der Waals surface area contributed by atoms with Crippen molar-refractivity contribution in [2.45, 2.75) is 6.92 Å². The number of cyclic esters (lactones) is 2. The summed E-state index contributed by atoms with van der Waals surface area (Å²) in [6, 6.07) is 0. The van der Waals surface area contributed by atoms with Gasteiger partial charge in [0.15, 0.2) is 0 Å². The molecule has 0 N–H and O–H groups in total. The van der Waals surface area contributed by atoms with Crippen LogP contribution in [0.15, 0.2) is 25.3 Å². The molecule has 3 nitrogen and oxygen atoms in total. The minimum atomic E-state index is -0.932. The number of hydrogen-bond acceptors (Lipinski definition) is 3. The van der Waals surface area contributed by atoms with E-state index in [1.807, 2.05) is 0 Å². The van der Waals surface area contributed by atoms with E-state index in [9.17, 15) is 9.59 Å². The van der Waals surface area contributed by atoms with E-state index < -0.39 is 23.3 Å². The highest BCUT2D eigenvalue weighted by Gasteiger charge is 2.50. The van der Waals surface area contributed by atoms with E-state index in [2.05, 4.69) is 17.9 Å². The fraction of sp³-hybridized carbons (Fsp3) is 0.333. The molecule has 0 amide bonds. The van der Waals surface area contributed by atoms with Gasteiger partial charge in [0, 0.05) is 0 Å². The van der Waals surface area contributed by atoms with E-state index >= 15 is 0 Å². The van der Waals surface area contributed by atoms with Crippen molar-refractivity contribution in [1.29, 1.82) is 0 Å². The molecule has 0 spiro atoms. The van der Waals surface area contributed by atoms with Gasteiger partial charge < -0.3 is 4.74 Å². The van der Waals surface area contributed by atoms with Gasteiger partial charge in [-0.15, -0.1) is 13.2 Å². The Labute approximate surface area is 70.7 Å². The maximum Gasteiger partial charge on any atom is 0.324 e. The molecule has 0 saturated carbocycles. The quantitative estimate of drug-likeness (QED) is 0.350. The van der Waals surface area contributed by atoms with Crippen LogP contribution in [0.5, 0.6) is 0 Å². The average molecular weight is 166 g/mol. The van der Waals surface area contributed by atoms with Crippen LogP contribution >= 0.6 is 0 Å². The smallest absolute Gasteiger partial charge is 0.324 e. The molecule has 0 aromatic carbocycles. The summed E-state index contributed by atoms with van der Waals surface area (Å²) < 4.78 is 4.45. The fourth-order valence-corrected chi connectivity index (χ4v) is 1.19. The van der Waals surface area contributed by atoms with Gasteiger partial charge in [0.1, 0.15) is 5.41 Å².